The van der Waals surface area contributed by atoms with Gasteiger partial charge in [0.1, 0.15) is 0 Å². The van der Waals surface area contributed by atoms with Crippen molar-refractivity contribution in [2.24, 2.45) is 5.73 Å². The van der Waals surface area contributed by atoms with E-state index in [-0.39, 0.29) is 6.04 Å². The smallest absolute Gasteiger partial charge is 0.0991 e. The monoisotopic (exact) mass is 268 g/mol. The van der Waals surface area contributed by atoms with E-state index in [2.05, 4.69) is 30.3 Å². The largest absolute Gasteiger partial charge is 0.324 e. The van der Waals surface area contributed by atoms with E-state index in [0.717, 1.165) is 11.3 Å². The van der Waals surface area contributed by atoms with Gasteiger partial charge in [-0.2, -0.15) is 5.26 Å². The molecule has 0 radical (unpaired) electrons. The molecule has 96 valence electrons. The molecule has 2 aromatic carbocycles. The van der Waals surface area contributed by atoms with Gasteiger partial charge >= 0.3 is 0 Å². The van der Waals surface area contributed by atoms with Crippen LogP contribution in [-0.2, 0) is 5.75 Å². The van der Waals surface area contributed by atoms with Gasteiger partial charge in [0.2, 0.25) is 0 Å². The molecule has 0 aliphatic carbocycles. The van der Waals surface area contributed by atoms with E-state index < -0.39 is 0 Å². The van der Waals surface area contributed by atoms with Crippen LogP contribution in [0.1, 0.15) is 29.7 Å². The first kappa shape index (κ1) is 13.7. The Hall–Kier alpha value is -1.76. The lowest BCUT2D eigenvalue weighted by Gasteiger charge is -2.07. The summed E-state index contributed by atoms with van der Waals surface area (Å²) < 4.78 is 0. The van der Waals surface area contributed by atoms with Crippen molar-refractivity contribution in [1.82, 2.24) is 0 Å². The molecule has 0 bridgehead atoms. The summed E-state index contributed by atoms with van der Waals surface area (Å²) in [7, 11) is 0. The molecule has 0 saturated carbocycles. The summed E-state index contributed by atoms with van der Waals surface area (Å²) in [5, 5.41) is 8.74. The first-order valence-electron chi connectivity index (χ1n) is 6.16. The predicted octanol–water partition coefficient (Wildman–Crippen LogP) is 3.87. The van der Waals surface area contributed by atoms with E-state index >= 15 is 0 Å². The second-order valence-electron chi connectivity index (χ2n) is 4.46. The van der Waals surface area contributed by atoms with E-state index in [0.29, 0.717) is 5.56 Å². The van der Waals surface area contributed by atoms with Crippen LogP contribution in [0.15, 0.2) is 53.4 Å². The minimum Gasteiger partial charge on any atom is -0.324 e. The SMILES string of the molecule is CC(N)c1ccc(SCc2ccc(C#N)cc2)cc1. The zero-order valence-electron chi connectivity index (χ0n) is 10.8. The van der Waals surface area contributed by atoms with Crippen LogP contribution in [0.4, 0.5) is 0 Å². The summed E-state index contributed by atoms with van der Waals surface area (Å²) in [4.78, 5) is 1.23. The van der Waals surface area contributed by atoms with Gasteiger partial charge in [-0.05, 0) is 42.3 Å². The first-order chi connectivity index (χ1) is 9.19. The molecular weight excluding hydrogens is 252 g/mol. The van der Waals surface area contributed by atoms with Gasteiger partial charge in [-0.3, -0.25) is 0 Å². The molecule has 19 heavy (non-hydrogen) atoms. The van der Waals surface area contributed by atoms with Crippen LogP contribution in [-0.4, -0.2) is 0 Å². The van der Waals surface area contributed by atoms with Gasteiger partial charge in [-0.15, -0.1) is 11.8 Å². The lowest BCUT2D eigenvalue weighted by molar-refractivity contribution is 0.817. The van der Waals surface area contributed by atoms with Crippen molar-refractivity contribution < 1.29 is 0 Å². The lowest BCUT2D eigenvalue weighted by Crippen LogP contribution is -2.04. The Morgan fingerprint density at radius 3 is 2.26 bits per heavy atom. The fourth-order valence-corrected chi connectivity index (χ4v) is 2.56. The number of rotatable bonds is 4. The molecule has 0 aliphatic rings. The molecule has 1 unspecified atom stereocenters. The van der Waals surface area contributed by atoms with Gasteiger partial charge in [-0.1, -0.05) is 24.3 Å². The van der Waals surface area contributed by atoms with Gasteiger partial charge in [0, 0.05) is 16.7 Å². The normalized spacial score (nSPS) is 11.8. The molecule has 3 heteroatoms. The highest BCUT2D eigenvalue weighted by Crippen LogP contribution is 2.24. The summed E-state index contributed by atoms with van der Waals surface area (Å²) in [6, 6.07) is 18.3. The van der Waals surface area contributed by atoms with E-state index in [1.54, 1.807) is 11.8 Å². The van der Waals surface area contributed by atoms with Gasteiger partial charge in [0.15, 0.2) is 0 Å². The van der Waals surface area contributed by atoms with Crippen LogP contribution < -0.4 is 5.73 Å². The highest BCUT2D eigenvalue weighted by atomic mass is 32.2. The van der Waals surface area contributed by atoms with Crippen LogP contribution in [0.3, 0.4) is 0 Å². The van der Waals surface area contributed by atoms with Crippen LogP contribution in [0.25, 0.3) is 0 Å². The second kappa shape index (κ2) is 6.42. The molecule has 0 amide bonds. The van der Waals surface area contributed by atoms with E-state index in [1.807, 2.05) is 31.2 Å². The molecule has 0 aromatic heterocycles. The van der Waals surface area contributed by atoms with Gasteiger partial charge < -0.3 is 5.73 Å². The number of nitriles is 1. The van der Waals surface area contributed by atoms with Crippen LogP contribution >= 0.6 is 11.8 Å². The predicted molar refractivity (Wildman–Crippen MR) is 79.8 cm³/mol. The number of nitrogens with zero attached hydrogens (tertiary/aromatic N) is 1. The molecule has 0 heterocycles. The average Bonchev–Trinajstić information content (AvgIpc) is 2.46. The van der Waals surface area contributed by atoms with Crippen molar-refractivity contribution in [2.45, 2.75) is 23.6 Å². The van der Waals surface area contributed by atoms with E-state index in [4.69, 9.17) is 11.0 Å². The molecule has 2 aromatic rings. The van der Waals surface area contributed by atoms with Crippen LogP contribution in [0, 0.1) is 11.3 Å². The van der Waals surface area contributed by atoms with E-state index in [1.165, 1.54) is 10.5 Å². The number of benzene rings is 2. The van der Waals surface area contributed by atoms with Crippen LogP contribution in [0.5, 0.6) is 0 Å². The number of hydrogen-bond acceptors (Lipinski definition) is 3. The summed E-state index contributed by atoms with van der Waals surface area (Å²) in [5.74, 6) is 0.906. The quantitative estimate of drug-likeness (QED) is 0.856. The fraction of sp³-hybridized carbons (Fsp3) is 0.188. The van der Waals surface area contributed by atoms with Gasteiger partial charge in [0.25, 0.3) is 0 Å². The fourth-order valence-electron chi connectivity index (χ4n) is 1.71. The Labute approximate surface area is 118 Å². The Morgan fingerprint density at radius 2 is 1.74 bits per heavy atom. The summed E-state index contributed by atoms with van der Waals surface area (Å²) in [6.07, 6.45) is 0. The Morgan fingerprint density at radius 1 is 1.11 bits per heavy atom. The Balaban J connectivity index is 1.96. The molecule has 1 atom stereocenters. The molecule has 0 fully saturated rings. The molecule has 2 rings (SSSR count). The summed E-state index contributed by atoms with van der Waals surface area (Å²) in [5.41, 5.74) is 8.90. The highest BCUT2D eigenvalue weighted by molar-refractivity contribution is 7.98. The Bertz CT molecular complexity index is 565. The molecule has 0 saturated heterocycles. The molecule has 2 nitrogen and oxygen atoms in total. The maximum absolute atomic E-state index is 8.74. The van der Waals surface area contributed by atoms with Gasteiger partial charge in [-0.25, -0.2) is 0 Å². The molecule has 2 N–H and O–H groups in total. The molecule has 0 spiro atoms. The number of nitrogens with two attached hydrogens (primary N) is 1. The summed E-state index contributed by atoms with van der Waals surface area (Å²) in [6.45, 7) is 1.99. The Kier molecular flexibility index (Phi) is 4.62. The van der Waals surface area contributed by atoms with Crippen molar-refractivity contribution in [3.63, 3.8) is 0 Å². The van der Waals surface area contributed by atoms with E-state index in [9.17, 15) is 0 Å². The molecular formula is C16H16N2S. The average molecular weight is 268 g/mol. The highest BCUT2D eigenvalue weighted by Gasteiger charge is 2.00. The third kappa shape index (κ3) is 3.85. The maximum Gasteiger partial charge on any atom is 0.0991 e. The van der Waals surface area contributed by atoms with Crippen molar-refractivity contribution in [3.05, 3.63) is 65.2 Å². The van der Waals surface area contributed by atoms with Crippen molar-refractivity contribution in [2.75, 3.05) is 0 Å². The topological polar surface area (TPSA) is 49.8 Å². The third-order valence-electron chi connectivity index (χ3n) is 2.89. The first-order valence-corrected chi connectivity index (χ1v) is 7.15. The standard InChI is InChI=1S/C16H16N2S/c1-12(18)15-6-8-16(9-7-15)19-11-14-4-2-13(10-17)3-5-14/h2-9,12H,11,18H2,1H3. The zero-order valence-corrected chi connectivity index (χ0v) is 11.7. The maximum atomic E-state index is 8.74. The molecule has 0 aliphatic heterocycles. The van der Waals surface area contributed by atoms with Crippen LogP contribution in [0.2, 0.25) is 0 Å². The third-order valence-corrected chi connectivity index (χ3v) is 3.98. The lowest BCUT2D eigenvalue weighted by atomic mass is 10.1. The minimum absolute atomic E-state index is 0.0811. The second-order valence-corrected chi connectivity index (χ2v) is 5.50. The minimum atomic E-state index is 0.0811. The van der Waals surface area contributed by atoms with Crippen molar-refractivity contribution in [1.29, 1.82) is 5.26 Å². The number of hydrogen-bond donors (Lipinski definition) is 1. The zero-order chi connectivity index (χ0) is 13.7. The van der Waals surface area contributed by atoms with Crippen molar-refractivity contribution in [3.8, 4) is 6.07 Å². The van der Waals surface area contributed by atoms with Gasteiger partial charge in [0.05, 0.1) is 11.6 Å². The number of thioether (sulfide) groups is 1. The summed E-state index contributed by atoms with van der Waals surface area (Å²) >= 11 is 1.78. The van der Waals surface area contributed by atoms with Crippen molar-refractivity contribution >= 4 is 11.8 Å².